The summed E-state index contributed by atoms with van der Waals surface area (Å²) in [6.45, 7) is 6.59. The second kappa shape index (κ2) is 8.22. The molecule has 0 aliphatic rings. The molecule has 1 rings (SSSR count). The Kier molecular flexibility index (Phi) is 6.95. The Balaban J connectivity index is 2.95. The monoisotopic (exact) mass is 303 g/mol. The van der Waals surface area contributed by atoms with Crippen LogP contribution in [0.1, 0.15) is 38.4 Å². The molecule has 0 spiro atoms. The van der Waals surface area contributed by atoms with E-state index in [1.165, 1.54) is 4.90 Å². The van der Waals surface area contributed by atoms with Crippen LogP contribution in [0.15, 0.2) is 12.1 Å². The lowest BCUT2D eigenvalue weighted by atomic mass is 10.2. The number of aromatic nitrogens is 1. The molecule has 0 aliphatic carbocycles. The molecule has 1 heterocycles. The maximum Gasteiger partial charge on any atom is 0.405 e. The third-order valence-corrected chi connectivity index (χ3v) is 3.12. The van der Waals surface area contributed by atoms with Gasteiger partial charge in [0.2, 0.25) is 0 Å². The molecule has 0 atom stereocenters. The van der Waals surface area contributed by atoms with Crippen molar-refractivity contribution in [1.82, 2.24) is 10.3 Å². The molecule has 3 nitrogen and oxygen atoms in total. The lowest BCUT2D eigenvalue weighted by Gasteiger charge is -2.24. The Morgan fingerprint density at radius 2 is 1.90 bits per heavy atom. The van der Waals surface area contributed by atoms with Crippen molar-refractivity contribution in [1.29, 1.82) is 0 Å². The minimum absolute atomic E-state index is 0.279. The quantitative estimate of drug-likeness (QED) is 0.745. The van der Waals surface area contributed by atoms with Gasteiger partial charge in [-0.25, -0.2) is 4.98 Å². The number of rotatable bonds is 8. The first kappa shape index (κ1) is 17.8. The number of nitrogens with one attached hydrogen (secondary N) is 1. The number of halogens is 3. The lowest BCUT2D eigenvalue weighted by molar-refractivity contribution is -0.119. The van der Waals surface area contributed by atoms with Gasteiger partial charge in [-0.2, -0.15) is 13.2 Å². The largest absolute Gasteiger partial charge is 0.405 e. The van der Waals surface area contributed by atoms with Gasteiger partial charge in [-0.3, -0.25) is 0 Å². The van der Waals surface area contributed by atoms with Gasteiger partial charge < -0.3 is 10.2 Å². The van der Waals surface area contributed by atoms with Crippen molar-refractivity contribution in [3.8, 4) is 0 Å². The molecule has 120 valence electrons. The zero-order chi connectivity index (χ0) is 15.9. The molecule has 1 aromatic rings. The van der Waals surface area contributed by atoms with E-state index in [9.17, 15) is 13.2 Å². The number of aryl methyl sites for hydroxylation is 1. The Morgan fingerprint density at radius 3 is 2.43 bits per heavy atom. The average molecular weight is 303 g/mol. The number of pyridine rings is 1. The molecular weight excluding hydrogens is 279 g/mol. The third kappa shape index (κ3) is 6.33. The van der Waals surface area contributed by atoms with Crippen LogP contribution in [0.2, 0.25) is 0 Å². The van der Waals surface area contributed by atoms with Gasteiger partial charge in [0, 0.05) is 18.8 Å². The van der Waals surface area contributed by atoms with E-state index in [0.717, 1.165) is 24.2 Å². The molecule has 0 unspecified atom stereocenters. The van der Waals surface area contributed by atoms with E-state index in [0.29, 0.717) is 18.8 Å². The second-order valence-electron chi connectivity index (χ2n) is 4.98. The van der Waals surface area contributed by atoms with Crippen LogP contribution in [0, 0.1) is 0 Å². The molecule has 21 heavy (non-hydrogen) atoms. The average Bonchev–Trinajstić information content (AvgIpc) is 2.43. The lowest BCUT2D eigenvalue weighted by Crippen LogP contribution is -2.35. The zero-order valence-electron chi connectivity index (χ0n) is 12.9. The minimum Gasteiger partial charge on any atom is -0.348 e. The molecule has 1 N–H and O–H groups in total. The molecule has 0 saturated heterocycles. The Morgan fingerprint density at radius 1 is 1.19 bits per heavy atom. The van der Waals surface area contributed by atoms with Crippen molar-refractivity contribution in [3.63, 3.8) is 0 Å². The Labute approximate surface area is 124 Å². The Hall–Kier alpha value is -1.30. The van der Waals surface area contributed by atoms with Gasteiger partial charge in [-0.15, -0.1) is 0 Å². The maximum absolute atomic E-state index is 12.6. The predicted molar refractivity (Wildman–Crippen MR) is 79.6 cm³/mol. The number of anilines is 1. The highest BCUT2D eigenvalue weighted by molar-refractivity contribution is 5.43. The van der Waals surface area contributed by atoms with Crippen LogP contribution < -0.4 is 10.2 Å². The first-order chi connectivity index (χ1) is 9.89. The van der Waals surface area contributed by atoms with E-state index in [1.54, 1.807) is 13.0 Å². The molecular formula is C15H24F3N3. The van der Waals surface area contributed by atoms with E-state index in [2.05, 4.69) is 17.2 Å². The normalized spacial score (nSPS) is 11.7. The van der Waals surface area contributed by atoms with Gasteiger partial charge in [0.1, 0.15) is 12.4 Å². The SMILES string of the molecule is CCCNCc1cc(CC)nc(N(CC)CC(F)(F)F)c1. The maximum atomic E-state index is 12.6. The number of hydrogen-bond donors (Lipinski definition) is 1. The van der Waals surface area contributed by atoms with Gasteiger partial charge in [-0.1, -0.05) is 13.8 Å². The highest BCUT2D eigenvalue weighted by Crippen LogP contribution is 2.22. The van der Waals surface area contributed by atoms with E-state index in [4.69, 9.17) is 0 Å². The molecule has 0 saturated carbocycles. The summed E-state index contributed by atoms with van der Waals surface area (Å²) in [4.78, 5) is 5.60. The predicted octanol–water partition coefficient (Wildman–Crippen LogP) is 3.53. The van der Waals surface area contributed by atoms with Gasteiger partial charge in [0.15, 0.2) is 0 Å². The second-order valence-corrected chi connectivity index (χ2v) is 4.98. The molecule has 0 fully saturated rings. The van der Waals surface area contributed by atoms with Crippen molar-refractivity contribution >= 4 is 5.82 Å². The van der Waals surface area contributed by atoms with Gasteiger partial charge in [0.25, 0.3) is 0 Å². The molecule has 0 radical (unpaired) electrons. The summed E-state index contributed by atoms with van der Waals surface area (Å²) in [5, 5.41) is 3.27. The van der Waals surface area contributed by atoms with Crippen molar-refractivity contribution in [2.45, 2.75) is 46.3 Å². The molecule has 0 amide bonds. The van der Waals surface area contributed by atoms with Crippen LogP contribution in [0.4, 0.5) is 19.0 Å². The number of hydrogen-bond acceptors (Lipinski definition) is 3. The molecule has 0 bridgehead atoms. The highest BCUT2D eigenvalue weighted by atomic mass is 19.4. The topological polar surface area (TPSA) is 28.2 Å². The molecule has 1 aromatic heterocycles. The summed E-state index contributed by atoms with van der Waals surface area (Å²) >= 11 is 0. The van der Waals surface area contributed by atoms with E-state index in [1.807, 2.05) is 13.0 Å². The smallest absolute Gasteiger partial charge is 0.348 e. The van der Waals surface area contributed by atoms with E-state index < -0.39 is 12.7 Å². The Bertz CT molecular complexity index is 433. The fraction of sp³-hybridized carbons (Fsp3) is 0.667. The minimum atomic E-state index is -4.22. The van der Waals surface area contributed by atoms with Crippen LogP contribution in [0.3, 0.4) is 0 Å². The molecule has 0 aliphatic heterocycles. The summed E-state index contributed by atoms with van der Waals surface area (Å²) < 4.78 is 37.9. The van der Waals surface area contributed by atoms with E-state index in [-0.39, 0.29) is 6.54 Å². The zero-order valence-corrected chi connectivity index (χ0v) is 12.9. The fourth-order valence-electron chi connectivity index (χ4n) is 2.06. The molecule has 6 heteroatoms. The first-order valence-corrected chi connectivity index (χ1v) is 7.41. The van der Waals surface area contributed by atoms with Gasteiger partial charge in [-0.05, 0) is 44.0 Å². The third-order valence-electron chi connectivity index (χ3n) is 3.12. The summed E-state index contributed by atoms with van der Waals surface area (Å²) in [5.41, 5.74) is 1.80. The number of alkyl halides is 3. The van der Waals surface area contributed by atoms with Crippen molar-refractivity contribution < 1.29 is 13.2 Å². The summed E-state index contributed by atoms with van der Waals surface area (Å²) in [6.07, 6.45) is -2.49. The standard InChI is InChI=1S/C15H24F3N3/c1-4-7-19-10-12-8-13(5-2)20-14(9-12)21(6-3)11-15(16,17)18/h8-9,19H,4-7,10-11H2,1-3H3. The van der Waals surface area contributed by atoms with Crippen LogP contribution in [0.5, 0.6) is 0 Å². The van der Waals surface area contributed by atoms with Crippen LogP contribution >= 0.6 is 0 Å². The fourth-order valence-corrected chi connectivity index (χ4v) is 2.06. The highest BCUT2D eigenvalue weighted by Gasteiger charge is 2.30. The first-order valence-electron chi connectivity index (χ1n) is 7.41. The number of nitrogens with zero attached hydrogens (tertiary/aromatic N) is 2. The van der Waals surface area contributed by atoms with E-state index >= 15 is 0 Å². The van der Waals surface area contributed by atoms with Crippen molar-refractivity contribution in [2.24, 2.45) is 0 Å². The van der Waals surface area contributed by atoms with Crippen molar-refractivity contribution in [2.75, 3.05) is 24.5 Å². The summed E-state index contributed by atoms with van der Waals surface area (Å²) in [7, 11) is 0. The van der Waals surface area contributed by atoms with Gasteiger partial charge in [0.05, 0.1) is 0 Å². The van der Waals surface area contributed by atoms with Crippen LogP contribution in [-0.2, 0) is 13.0 Å². The van der Waals surface area contributed by atoms with Crippen LogP contribution in [-0.4, -0.2) is 30.8 Å². The van der Waals surface area contributed by atoms with Crippen molar-refractivity contribution in [3.05, 3.63) is 23.4 Å². The summed E-state index contributed by atoms with van der Waals surface area (Å²) in [5.74, 6) is 0.405. The summed E-state index contributed by atoms with van der Waals surface area (Å²) in [6, 6.07) is 3.70. The van der Waals surface area contributed by atoms with Crippen LogP contribution in [0.25, 0.3) is 0 Å². The van der Waals surface area contributed by atoms with Gasteiger partial charge >= 0.3 is 6.18 Å². The molecule has 0 aromatic carbocycles.